The molecule has 0 saturated heterocycles. The number of nitrogens with zero attached hydrogens (tertiary/aromatic N) is 2. The van der Waals surface area contributed by atoms with E-state index in [0.717, 1.165) is 0 Å². The van der Waals surface area contributed by atoms with Crippen molar-refractivity contribution in [2.75, 3.05) is 5.73 Å². The lowest BCUT2D eigenvalue weighted by Gasteiger charge is -2.21. The highest BCUT2D eigenvalue weighted by atomic mass is 35.5. The number of rotatable bonds is 1. The van der Waals surface area contributed by atoms with Crippen LogP contribution in [-0.4, -0.2) is 9.97 Å². The Bertz CT molecular complexity index is 351. The summed E-state index contributed by atoms with van der Waals surface area (Å²) in [6.07, 6.45) is -2.76. The average Bonchev–Trinajstić information content (AvgIpc) is 1.99. The Hall–Kier alpha value is -0.970. The second-order valence-corrected chi connectivity index (χ2v) is 4.54. The van der Waals surface area contributed by atoms with Crippen LogP contribution in [0.3, 0.4) is 0 Å². The van der Waals surface area contributed by atoms with Gasteiger partial charge >= 0.3 is 0 Å². The summed E-state index contributed by atoms with van der Waals surface area (Å²) in [6.45, 7) is 5.57. The number of anilines is 1. The predicted molar refractivity (Wildman–Crippen MR) is 55.1 cm³/mol. The van der Waals surface area contributed by atoms with Crippen molar-refractivity contribution in [1.82, 2.24) is 9.97 Å². The monoisotopic (exact) mass is 235 g/mol. The first kappa shape index (κ1) is 12.1. The Labute approximate surface area is 91.7 Å². The number of nitrogen functional groups attached to an aromatic ring is 1. The minimum Gasteiger partial charge on any atom is -0.383 e. The molecule has 1 heterocycles. The van der Waals surface area contributed by atoms with E-state index in [0.29, 0.717) is 5.56 Å². The Morgan fingerprint density at radius 3 is 2.13 bits per heavy atom. The molecular weight excluding hydrogens is 224 g/mol. The van der Waals surface area contributed by atoms with Crippen LogP contribution in [0, 0.1) is 0 Å². The maximum absolute atomic E-state index is 12.3. The lowest BCUT2D eigenvalue weighted by molar-refractivity contribution is 0.140. The Balaban J connectivity index is 3.34. The van der Waals surface area contributed by atoms with Crippen molar-refractivity contribution in [3.05, 3.63) is 16.5 Å². The van der Waals surface area contributed by atoms with E-state index in [-0.39, 0.29) is 16.4 Å². The summed E-state index contributed by atoms with van der Waals surface area (Å²) in [7, 11) is 0. The van der Waals surface area contributed by atoms with E-state index in [2.05, 4.69) is 9.97 Å². The lowest BCUT2D eigenvalue weighted by Crippen LogP contribution is -2.18. The highest BCUT2D eigenvalue weighted by Gasteiger charge is 2.25. The zero-order chi connectivity index (χ0) is 11.8. The van der Waals surface area contributed by atoms with Gasteiger partial charge in [-0.05, 0) is 5.41 Å². The Morgan fingerprint density at radius 1 is 1.27 bits per heavy atom. The van der Waals surface area contributed by atoms with Gasteiger partial charge in [0.05, 0.1) is 0 Å². The molecule has 3 nitrogen and oxygen atoms in total. The van der Waals surface area contributed by atoms with Crippen molar-refractivity contribution in [2.24, 2.45) is 0 Å². The fourth-order valence-corrected chi connectivity index (χ4v) is 1.72. The van der Waals surface area contributed by atoms with E-state index in [4.69, 9.17) is 17.3 Å². The third kappa shape index (κ3) is 2.53. The van der Waals surface area contributed by atoms with Crippen molar-refractivity contribution >= 4 is 17.4 Å². The first-order chi connectivity index (χ1) is 6.73. The maximum Gasteiger partial charge on any atom is 0.297 e. The largest absolute Gasteiger partial charge is 0.383 e. The zero-order valence-corrected chi connectivity index (χ0v) is 9.44. The molecule has 0 unspecified atom stereocenters. The third-order valence-electron chi connectivity index (χ3n) is 1.86. The summed E-state index contributed by atoms with van der Waals surface area (Å²) >= 11 is 5.80. The number of hydrogen-bond acceptors (Lipinski definition) is 3. The molecule has 2 N–H and O–H groups in total. The molecule has 6 heteroatoms. The number of nitrogens with two attached hydrogens (primary N) is 1. The van der Waals surface area contributed by atoms with Gasteiger partial charge in [-0.25, -0.2) is 18.7 Å². The molecule has 0 atom stereocenters. The molecule has 0 saturated carbocycles. The predicted octanol–water partition coefficient (Wildman–Crippen LogP) is 2.95. The zero-order valence-electron chi connectivity index (χ0n) is 8.68. The lowest BCUT2D eigenvalue weighted by atomic mass is 9.88. The van der Waals surface area contributed by atoms with Crippen molar-refractivity contribution in [3.8, 4) is 0 Å². The quantitative estimate of drug-likeness (QED) is 0.762. The molecule has 0 aromatic carbocycles. The van der Waals surface area contributed by atoms with Gasteiger partial charge in [-0.1, -0.05) is 32.4 Å². The van der Waals surface area contributed by atoms with Gasteiger partial charge in [0.1, 0.15) is 11.0 Å². The van der Waals surface area contributed by atoms with Gasteiger partial charge in [0, 0.05) is 5.56 Å². The molecule has 0 bridgehead atoms. The first-order valence-electron chi connectivity index (χ1n) is 4.35. The molecule has 0 aliphatic heterocycles. The summed E-state index contributed by atoms with van der Waals surface area (Å²) in [5.41, 5.74) is 5.70. The number of hydrogen-bond donors (Lipinski definition) is 1. The Kier molecular flexibility index (Phi) is 3.13. The van der Waals surface area contributed by atoms with Crippen LogP contribution >= 0.6 is 11.6 Å². The molecule has 0 radical (unpaired) electrons. The minimum absolute atomic E-state index is 0.00898. The van der Waals surface area contributed by atoms with Crippen LogP contribution in [0.25, 0.3) is 0 Å². The molecule has 0 fully saturated rings. The summed E-state index contributed by atoms with van der Waals surface area (Å²) in [5.74, 6) is -0.622. The molecule has 15 heavy (non-hydrogen) atoms. The summed E-state index contributed by atoms with van der Waals surface area (Å²) in [4.78, 5) is 7.06. The van der Waals surface area contributed by atoms with Crippen molar-refractivity contribution in [1.29, 1.82) is 0 Å². The second-order valence-electron chi connectivity index (χ2n) is 4.18. The third-order valence-corrected chi connectivity index (χ3v) is 2.13. The number of alkyl halides is 2. The fourth-order valence-electron chi connectivity index (χ4n) is 1.26. The van der Waals surface area contributed by atoms with Gasteiger partial charge in [0.25, 0.3) is 6.43 Å². The van der Waals surface area contributed by atoms with Crippen LogP contribution < -0.4 is 5.73 Å². The van der Waals surface area contributed by atoms with Crippen LogP contribution in [0.2, 0.25) is 5.15 Å². The van der Waals surface area contributed by atoms with Crippen LogP contribution in [-0.2, 0) is 5.41 Å². The van der Waals surface area contributed by atoms with Gasteiger partial charge in [-0.2, -0.15) is 0 Å². The van der Waals surface area contributed by atoms with Gasteiger partial charge in [0.2, 0.25) is 0 Å². The average molecular weight is 236 g/mol. The topological polar surface area (TPSA) is 51.8 Å². The van der Waals surface area contributed by atoms with Crippen LogP contribution in [0.4, 0.5) is 14.6 Å². The van der Waals surface area contributed by atoms with E-state index in [1.807, 2.05) is 20.8 Å². The maximum atomic E-state index is 12.3. The highest BCUT2D eigenvalue weighted by molar-refractivity contribution is 6.30. The molecule has 0 amide bonds. The molecule has 1 aromatic heterocycles. The standard InChI is InChI=1S/C9H12ClF2N3/c1-9(2,3)4-5(10)14-8(6(11)12)15-7(4)13/h6H,1-3H3,(H2,13,14,15). The van der Waals surface area contributed by atoms with E-state index in [1.165, 1.54) is 0 Å². The molecule has 0 spiro atoms. The normalized spacial score (nSPS) is 12.2. The SMILES string of the molecule is CC(C)(C)c1c(N)nc(C(F)F)nc1Cl. The van der Waals surface area contributed by atoms with Crippen molar-refractivity contribution in [3.63, 3.8) is 0 Å². The Morgan fingerprint density at radius 2 is 1.80 bits per heavy atom. The van der Waals surface area contributed by atoms with Crippen molar-refractivity contribution < 1.29 is 8.78 Å². The molecule has 0 aliphatic rings. The molecule has 0 aliphatic carbocycles. The molecule has 1 rings (SSSR count). The van der Waals surface area contributed by atoms with E-state index in [9.17, 15) is 8.78 Å². The van der Waals surface area contributed by atoms with Gasteiger partial charge in [-0.15, -0.1) is 0 Å². The highest BCUT2D eigenvalue weighted by Crippen LogP contribution is 2.33. The van der Waals surface area contributed by atoms with Gasteiger partial charge in [-0.3, -0.25) is 0 Å². The minimum atomic E-state index is -2.76. The first-order valence-corrected chi connectivity index (χ1v) is 4.73. The van der Waals surface area contributed by atoms with Gasteiger partial charge < -0.3 is 5.73 Å². The van der Waals surface area contributed by atoms with Crippen LogP contribution in [0.5, 0.6) is 0 Å². The van der Waals surface area contributed by atoms with Gasteiger partial charge in [0.15, 0.2) is 5.82 Å². The number of halogens is 3. The summed E-state index contributed by atoms with van der Waals surface area (Å²) in [5, 5.41) is -0.00898. The fraction of sp³-hybridized carbons (Fsp3) is 0.556. The summed E-state index contributed by atoms with van der Waals surface area (Å²) < 4.78 is 24.6. The van der Waals surface area contributed by atoms with Crippen LogP contribution in [0.15, 0.2) is 0 Å². The van der Waals surface area contributed by atoms with E-state index in [1.54, 1.807) is 0 Å². The van der Waals surface area contributed by atoms with E-state index < -0.39 is 12.2 Å². The molecule has 1 aromatic rings. The summed E-state index contributed by atoms with van der Waals surface area (Å²) in [6, 6.07) is 0. The van der Waals surface area contributed by atoms with Crippen molar-refractivity contribution in [2.45, 2.75) is 32.6 Å². The second kappa shape index (κ2) is 3.89. The molecular formula is C9H12ClF2N3. The van der Waals surface area contributed by atoms with Crippen LogP contribution in [0.1, 0.15) is 38.6 Å². The number of aromatic nitrogens is 2. The van der Waals surface area contributed by atoms with E-state index >= 15 is 0 Å². The molecule has 84 valence electrons. The smallest absolute Gasteiger partial charge is 0.297 e.